The second-order valence-electron chi connectivity index (χ2n) is 4.06. The fraction of sp³-hybridized carbons (Fsp3) is 0.273. The van der Waals surface area contributed by atoms with Crippen LogP contribution in [0.1, 0.15) is 11.1 Å². The summed E-state index contributed by atoms with van der Waals surface area (Å²) >= 11 is 38.1. The van der Waals surface area contributed by atoms with Crippen molar-refractivity contribution in [1.82, 2.24) is 0 Å². The Morgan fingerprint density at radius 1 is 0.706 bits per heavy atom. The second kappa shape index (κ2) is 3.42. The highest BCUT2D eigenvalue weighted by Crippen LogP contribution is 2.77. The number of benzene rings is 1. The third kappa shape index (κ3) is 1.08. The van der Waals surface area contributed by atoms with Crippen LogP contribution < -0.4 is 0 Å². The van der Waals surface area contributed by atoms with Gasteiger partial charge in [0.05, 0.1) is 10.1 Å². The molecular formula is C11H4Cl6. The Labute approximate surface area is 128 Å². The summed E-state index contributed by atoms with van der Waals surface area (Å²) in [6, 6.07) is 7.26. The molecule has 0 aliphatic heterocycles. The monoisotopic (exact) mass is 346 g/mol. The Hall–Kier alpha value is 0.700. The Morgan fingerprint density at radius 3 is 1.41 bits per heavy atom. The van der Waals surface area contributed by atoms with Crippen molar-refractivity contribution >= 4 is 69.6 Å². The van der Waals surface area contributed by atoms with E-state index in [0.717, 1.165) is 0 Å². The molecule has 1 aromatic carbocycles. The van der Waals surface area contributed by atoms with Gasteiger partial charge in [0.25, 0.3) is 0 Å². The number of rotatable bonds is 0. The second-order valence-corrected chi connectivity index (χ2v) is 7.28. The molecule has 0 aromatic heterocycles. The summed E-state index contributed by atoms with van der Waals surface area (Å²) in [6.07, 6.45) is 0. The molecule has 0 spiro atoms. The Balaban J connectivity index is 2.48. The molecule has 0 heterocycles. The third-order valence-corrected chi connectivity index (χ3v) is 7.44. The summed E-state index contributed by atoms with van der Waals surface area (Å²) in [4.78, 5) is -2.57. The van der Waals surface area contributed by atoms with E-state index < -0.39 is 14.1 Å². The molecule has 90 valence electrons. The molecule has 0 fully saturated rings. The lowest BCUT2D eigenvalue weighted by atomic mass is 9.96. The molecule has 2 atom stereocenters. The lowest BCUT2D eigenvalue weighted by molar-refractivity contribution is 0.634. The quantitative estimate of drug-likeness (QED) is 0.547. The van der Waals surface area contributed by atoms with E-state index in [9.17, 15) is 0 Å². The highest BCUT2D eigenvalue weighted by Gasteiger charge is 2.77. The molecule has 2 aliphatic rings. The molecule has 2 unspecified atom stereocenters. The van der Waals surface area contributed by atoms with E-state index >= 15 is 0 Å². The first-order chi connectivity index (χ1) is 7.79. The molecule has 0 amide bonds. The minimum absolute atomic E-state index is 0.194. The topological polar surface area (TPSA) is 0 Å². The van der Waals surface area contributed by atoms with E-state index in [1.807, 2.05) is 12.1 Å². The van der Waals surface area contributed by atoms with E-state index in [1.165, 1.54) is 0 Å². The molecule has 1 aromatic rings. The van der Waals surface area contributed by atoms with Gasteiger partial charge in [0, 0.05) is 0 Å². The summed E-state index contributed by atoms with van der Waals surface area (Å²) in [6.45, 7) is 0. The van der Waals surface area contributed by atoms with Crippen LogP contribution in [0.3, 0.4) is 0 Å². The SMILES string of the molecule is ClC1=C(Cl)C2(Cl)c3ccccc3C1(Cl)C2(Cl)Cl. The number of fused-ring (bicyclic) bond motifs is 5. The molecule has 3 rings (SSSR count). The Morgan fingerprint density at radius 2 is 1.06 bits per heavy atom. The highest BCUT2D eigenvalue weighted by atomic mass is 35.5. The normalized spacial score (nSPS) is 37.5. The van der Waals surface area contributed by atoms with Crippen LogP contribution in [0.4, 0.5) is 0 Å². The van der Waals surface area contributed by atoms with Crippen LogP contribution in [0, 0.1) is 0 Å². The maximum Gasteiger partial charge on any atom is 0.174 e. The van der Waals surface area contributed by atoms with Crippen LogP contribution in [0.15, 0.2) is 34.3 Å². The van der Waals surface area contributed by atoms with Crippen LogP contribution in [0.25, 0.3) is 0 Å². The van der Waals surface area contributed by atoms with E-state index in [-0.39, 0.29) is 10.1 Å². The molecule has 0 radical (unpaired) electrons. The summed E-state index contributed by atoms with van der Waals surface area (Å²) < 4.78 is -1.51. The van der Waals surface area contributed by atoms with Gasteiger partial charge in [0.1, 0.15) is 9.75 Å². The van der Waals surface area contributed by atoms with E-state index in [2.05, 4.69) is 0 Å². The van der Waals surface area contributed by atoms with E-state index in [0.29, 0.717) is 11.1 Å². The number of alkyl halides is 4. The Kier molecular flexibility index (Phi) is 2.56. The van der Waals surface area contributed by atoms with E-state index in [4.69, 9.17) is 69.6 Å². The first kappa shape index (κ1) is 12.7. The Bertz CT molecular complexity index is 516. The van der Waals surface area contributed by atoms with Gasteiger partial charge >= 0.3 is 0 Å². The van der Waals surface area contributed by atoms with Crippen molar-refractivity contribution < 1.29 is 0 Å². The van der Waals surface area contributed by atoms with Crippen LogP contribution in [0.2, 0.25) is 0 Å². The van der Waals surface area contributed by atoms with Crippen LogP contribution >= 0.6 is 69.6 Å². The molecule has 0 saturated carbocycles. The molecule has 2 bridgehead atoms. The number of halogens is 6. The molecule has 17 heavy (non-hydrogen) atoms. The first-order valence-electron chi connectivity index (χ1n) is 4.71. The van der Waals surface area contributed by atoms with Crippen molar-refractivity contribution in [2.45, 2.75) is 14.1 Å². The fourth-order valence-corrected chi connectivity index (χ4v) is 5.17. The standard InChI is InChI=1S/C11H4Cl6/c12-7-8(13)10(15)6-4-2-1-3-5(6)9(7,14)11(10,16)17/h1-4H. The van der Waals surface area contributed by atoms with Gasteiger partial charge in [-0.1, -0.05) is 70.7 Å². The summed E-state index contributed by atoms with van der Waals surface area (Å²) in [5, 5.41) is 0.388. The first-order valence-corrected chi connectivity index (χ1v) is 6.98. The minimum Gasteiger partial charge on any atom is -0.104 e. The number of allylic oxidation sites excluding steroid dienone is 2. The van der Waals surface area contributed by atoms with Gasteiger partial charge in [-0.05, 0) is 11.1 Å². The van der Waals surface area contributed by atoms with Gasteiger partial charge in [0.15, 0.2) is 4.33 Å². The van der Waals surface area contributed by atoms with Crippen molar-refractivity contribution in [3.63, 3.8) is 0 Å². The van der Waals surface area contributed by atoms with Crippen LogP contribution in [0.5, 0.6) is 0 Å². The summed E-state index contributed by atoms with van der Waals surface area (Å²) in [5.74, 6) is 0. The lowest BCUT2D eigenvalue weighted by Gasteiger charge is -2.31. The zero-order valence-corrected chi connectivity index (χ0v) is 12.6. The lowest BCUT2D eigenvalue weighted by Crippen LogP contribution is -2.39. The van der Waals surface area contributed by atoms with Gasteiger partial charge in [-0.3, -0.25) is 0 Å². The largest absolute Gasteiger partial charge is 0.174 e. The molecule has 2 aliphatic carbocycles. The van der Waals surface area contributed by atoms with Gasteiger partial charge in [-0.2, -0.15) is 0 Å². The average Bonchev–Trinajstić information content (AvgIpc) is 2.51. The zero-order valence-electron chi connectivity index (χ0n) is 8.08. The van der Waals surface area contributed by atoms with Gasteiger partial charge in [-0.25, -0.2) is 0 Å². The van der Waals surface area contributed by atoms with Crippen molar-refractivity contribution in [3.05, 3.63) is 45.5 Å². The average molecular weight is 349 g/mol. The van der Waals surface area contributed by atoms with Gasteiger partial charge in [-0.15, -0.1) is 23.2 Å². The van der Waals surface area contributed by atoms with Crippen molar-refractivity contribution in [3.8, 4) is 0 Å². The van der Waals surface area contributed by atoms with Crippen molar-refractivity contribution in [2.24, 2.45) is 0 Å². The smallest absolute Gasteiger partial charge is 0.104 e. The molecule has 0 saturated heterocycles. The molecular weight excluding hydrogens is 345 g/mol. The third-order valence-electron chi connectivity index (χ3n) is 3.33. The molecule has 0 N–H and O–H groups in total. The fourth-order valence-electron chi connectivity index (χ4n) is 2.47. The molecule has 6 heteroatoms. The predicted octanol–water partition coefficient (Wildman–Crippen LogP) is 5.45. The summed E-state index contributed by atoms with van der Waals surface area (Å²) in [7, 11) is 0. The number of hydrogen-bond acceptors (Lipinski definition) is 0. The summed E-state index contributed by atoms with van der Waals surface area (Å²) in [5.41, 5.74) is 1.41. The van der Waals surface area contributed by atoms with Gasteiger partial charge in [0.2, 0.25) is 0 Å². The molecule has 0 nitrogen and oxygen atoms in total. The minimum atomic E-state index is -1.51. The number of hydrogen-bond donors (Lipinski definition) is 0. The maximum atomic E-state index is 6.53. The van der Waals surface area contributed by atoms with Crippen molar-refractivity contribution in [2.75, 3.05) is 0 Å². The maximum absolute atomic E-state index is 6.53. The van der Waals surface area contributed by atoms with Crippen LogP contribution in [-0.2, 0) is 9.75 Å². The predicted molar refractivity (Wildman–Crippen MR) is 74.7 cm³/mol. The van der Waals surface area contributed by atoms with Crippen molar-refractivity contribution in [1.29, 1.82) is 0 Å². The van der Waals surface area contributed by atoms with Crippen LogP contribution in [-0.4, -0.2) is 4.33 Å². The van der Waals surface area contributed by atoms with E-state index in [1.54, 1.807) is 12.1 Å². The van der Waals surface area contributed by atoms with Gasteiger partial charge < -0.3 is 0 Å². The zero-order chi connectivity index (χ0) is 12.6. The highest BCUT2D eigenvalue weighted by molar-refractivity contribution is 6.65.